The lowest BCUT2D eigenvalue weighted by atomic mass is 10.0. The summed E-state index contributed by atoms with van der Waals surface area (Å²) in [6, 6.07) is 12.9. The summed E-state index contributed by atoms with van der Waals surface area (Å²) in [5, 5.41) is 3.04. The number of alkyl halides is 2. The standard InChI is InChI=1S/C24H28F2N4O2/c1-29-20-11-8-17(14-19(20)28-23(29)22(25)26)24(31)27-15-21(30-12-4-3-5-13-30)16-6-9-18(32-2)10-7-16/h6-11,14,21-22H,3-5,12-13,15H2,1-2H3,(H,27,31). The van der Waals surface area contributed by atoms with Crippen LogP contribution >= 0.6 is 0 Å². The summed E-state index contributed by atoms with van der Waals surface area (Å²) < 4.78 is 32.9. The van der Waals surface area contributed by atoms with Gasteiger partial charge in [0.15, 0.2) is 5.82 Å². The molecular weight excluding hydrogens is 414 g/mol. The molecule has 1 amide bonds. The number of fused-ring (bicyclic) bond motifs is 1. The third-order valence-electron chi connectivity index (χ3n) is 6.16. The predicted octanol–water partition coefficient (Wildman–Crippen LogP) is 4.48. The zero-order valence-corrected chi connectivity index (χ0v) is 18.4. The molecule has 8 heteroatoms. The Morgan fingerprint density at radius 2 is 1.84 bits per heavy atom. The molecule has 6 nitrogen and oxygen atoms in total. The molecule has 1 N–H and O–H groups in total. The second-order valence-electron chi connectivity index (χ2n) is 8.13. The number of benzene rings is 2. The molecule has 1 unspecified atom stereocenters. The number of nitrogens with one attached hydrogen (secondary N) is 1. The average Bonchev–Trinajstić information content (AvgIpc) is 3.16. The average molecular weight is 443 g/mol. The van der Waals surface area contributed by atoms with E-state index in [0.717, 1.165) is 37.2 Å². The Kier molecular flexibility index (Phi) is 6.69. The maximum atomic E-state index is 13.1. The van der Waals surface area contributed by atoms with Crippen LogP contribution in [0.2, 0.25) is 0 Å². The van der Waals surface area contributed by atoms with Gasteiger partial charge in [0.2, 0.25) is 0 Å². The number of carbonyl (C=O) groups is 1. The number of ether oxygens (including phenoxy) is 1. The first-order valence-corrected chi connectivity index (χ1v) is 10.9. The number of halogens is 2. The number of aryl methyl sites for hydroxylation is 1. The van der Waals surface area contributed by atoms with Crippen LogP contribution in [0.25, 0.3) is 11.0 Å². The van der Waals surface area contributed by atoms with Crippen molar-refractivity contribution >= 4 is 16.9 Å². The van der Waals surface area contributed by atoms with Crippen molar-refractivity contribution < 1.29 is 18.3 Å². The van der Waals surface area contributed by atoms with Crippen LogP contribution in [-0.2, 0) is 7.05 Å². The Labute approximate surface area is 186 Å². The van der Waals surface area contributed by atoms with Gasteiger partial charge in [0.25, 0.3) is 12.3 Å². The monoisotopic (exact) mass is 442 g/mol. The van der Waals surface area contributed by atoms with E-state index in [1.54, 1.807) is 32.4 Å². The summed E-state index contributed by atoms with van der Waals surface area (Å²) in [7, 11) is 3.19. The van der Waals surface area contributed by atoms with Gasteiger partial charge in [0.05, 0.1) is 24.2 Å². The first kappa shape index (κ1) is 22.2. The van der Waals surface area contributed by atoms with Gasteiger partial charge >= 0.3 is 0 Å². The molecule has 0 saturated carbocycles. The summed E-state index contributed by atoms with van der Waals surface area (Å²) in [6.45, 7) is 2.43. The minimum Gasteiger partial charge on any atom is -0.497 e. The molecule has 1 atom stereocenters. The van der Waals surface area contributed by atoms with Crippen LogP contribution in [-0.4, -0.2) is 47.1 Å². The number of aromatic nitrogens is 2. The summed E-state index contributed by atoms with van der Waals surface area (Å²) >= 11 is 0. The van der Waals surface area contributed by atoms with Crippen molar-refractivity contribution in [1.29, 1.82) is 0 Å². The van der Waals surface area contributed by atoms with Crippen molar-refractivity contribution in [3.8, 4) is 5.75 Å². The molecule has 1 aliphatic rings. The molecule has 1 fully saturated rings. The molecule has 3 aromatic rings. The molecule has 170 valence electrons. The molecule has 0 aliphatic carbocycles. The van der Waals surface area contributed by atoms with E-state index in [0.29, 0.717) is 23.1 Å². The van der Waals surface area contributed by atoms with E-state index in [2.05, 4.69) is 15.2 Å². The number of hydrogen-bond acceptors (Lipinski definition) is 4. The van der Waals surface area contributed by atoms with Gasteiger partial charge in [0, 0.05) is 19.2 Å². The Hall–Kier alpha value is -3.00. The SMILES string of the molecule is COc1ccc(C(CNC(=O)c2ccc3c(c2)nc(C(F)F)n3C)N2CCCCC2)cc1. The van der Waals surface area contributed by atoms with Gasteiger partial charge in [-0.15, -0.1) is 0 Å². The van der Waals surface area contributed by atoms with Crippen molar-refractivity contribution in [3.05, 3.63) is 59.4 Å². The topological polar surface area (TPSA) is 59.4 Å². The quantitative estimate of drug-likeness (QED) is 0.586. The molecule has 1 saturated heterocycles. The fourth-order valence-corrected chi connectivity index (χ4v) is 4.36. The summed E-state index contributed by atoms with van der Waals surface area (Å²) in [4.78, 5) is 19.3. The Morgan fingerprint density at radius 3 is 2.50 bits per heavy atom. The van der Waals surface area contributed by atoms with Crippen molar-refractivity contribution in [1.82, 2.24) is 19.8 Å². The van der Waals surface area contributed by atoms with Gasteiger partial charge in [-0.05, 0) is 61.8 Å². The largest absolute Gasteiger partial charge is 0.497 e. The van der Waals surface area contributed by atoms with E-state index < -0.39 is 6.43 Å². The highest BCUT2D eigenvalue weighted by molar-refractivity contribution is 5.97. The highest BCUT2D eigenvalue weighted by Gasteiger charge is 2.24. The van der Waals surface area contributed by atoms with Crippen molar-refractivity contribution in [2.45, 2.75) is 31.7 Å². The third kappa shape index (κ3) is 4.60. The predicted molar refractivity (Wildman–Crippen MR) is 119 cm³/mol. The molecule has 2 aromatic carbocycles. The second kappa shape index (κ2) is 9.65. The Balaban J connectivity index is 1.52. The molecule has 1 aliphatic heterocycles. The van der Waals surface area contributed by atoms with Gasteiger partial charge in [-0.25, -0.2) is 13.8 Å². The molecule has 0 radical (unpaired) electrons. The van der Waals surface area contributed by atoms with Crippen LogP contribution in [0.1, 0.15) is 53.5 Å². The number of rotatable bonds is 7. The number of piperidine rings is 1. The zero-order chi connectivity index (χ0) is 22.7. The normalized spacial score (nSPS) is 15.8. The highest BCUT2D eigenvalue weighted by atomic mass is 19.3. The van der Waals surface area contributed by atoms with E-state index in [9.17, 15) is 13.6 Å². The van der Waals surface area contributed by atoms with Crippen LogP contribution in [0.3, 0.4) is 0 Å². The molecule has 1 aromatic heterocycles. The number of amides is 1. The lowest BCUT2D eigenvalue weighted by Crippen LogP contribution is -2.40. The number of methoxy groups -OCH3 is 1. The van der Waals surface area contributed by atoms with Crippen LogP contribution in [0, 0.1) is 0 Å². The molecule has 32 heavy (non-hydrogen) atoms. The Morgan fingerprint density at radius 1 is 1.12 bits per heavy atom. The molecule has 0 spiro atoms. The van der Waals surface area contributed by atoms with Crippen molar-refractivity contribution in [2.75, 3.05) is 26.7 Å². The van der Waals surface area contributed by atoms with Crippen LogP contribution in [0.4, 0.5) is 8.78 Å². The van der Waals surface area contributed by atoms with Crippen molar-refractivity contribution in [3.63, 3.8) is 0 Å². The summed E-state index contributed by atoms with van der Waals surface area (Å²) in [6.07, 6.45) is 0.842. The minimum atomic E-state index is -2.67. The van der Waals surface area contributed by atoms with E-state index >= 15 is 0 Å². The second-order valence-corrected chi connectivity index (χ2v) is 8.13. The fourth-order valence-electron chi connectivity index (χ4n) is 4.36. The molecule has 0 bridgehead atoms. The summed E-state index contributed by atoms with van der Waals surface area (Å²) in [5.74, 6) is 0.246. The van der Waals surface area contributed by atoms with E-state index in [-0.39, 0.29) is 17.8 Å². The van der Waals surface area contributed by atoms with E-state index in [1.165, 1.54) is 11.0 Å². The fraction of sp³-hybridized carbons (Fsp3) is 0.417. The summed E-state index contributed by atoms with van der Waals surface area (Å²) in [5.41, 5.74) is 2.48. The van der Waals surface area contributed by atoms with Crippen LogP contribution in [0.5, 0.6) is 5.75 Å². The van der Waals surface area contributed by atoms with Crippen LogP contribution in [0.15, 0.2) is 42.5 Å². The first-order valence-electron chi connectivity index (χ1n) is 10.9. The number of imidazole rings is 1. The molecule has 4 rings (SSSR count). The maximum Gasteiger partial charge on any atom is 0.295 e. The van der Waals surface area contributed by atoms with Crippen LogP contribution < -0.4 is 10.1 Å². The Bertz CT molecular complexity index is 1080. The van der Waals surface area contributed by atoms with Gasteiger partial charge in [-0.2, -0.15) is 0 Å². The smallest absolute Gasteiger partial charge is 0.295 e. The third-order valence-corrected chi connectivity index (χ3v) is 6.16. The zero-order valence-electron chi connectivity index (χ0n) is 18.4. The molecule has 2 heterocycles. The van der Waals surface area contributed by atoms with E-state index in [4.69, 9.17) is 4.74 Å². The lowest BCUT2D eigenvalue weighted by Gasteiger charge is -2.35. The maximum absolute atomic E-state index is 13.1. The van der Waals surface area contributed by atoms with Gasteiger partial charge in [0.1, 0.15) is 5.75 Å². The minimum absolute atomic E-state index is 0.0502. The first-order chi connectivity index (χ1) is 15.5. The number of carbonyl (C=O) groups excluding carboxylic acids is 1. The molecular formula is C24H28F2N4O2. The lowest BCUT2D eigenvalue weighted by molar-refractivity contribution is 0.0924. The van der Waals surface area contributed by atoms with Crippen molar-refractivity contribution in [2.24, 2.45) is 7.05 Å². The highest BCUT2D eigenvalue weighted by Crippen LogP contribution is 2.27. The van der Waals surface area contributed by atoms with Gasteiger partial charge in [-0.3, -0.25) is 9.69 Å². The number of hydrogen-bond donors (Lipinski definition) is 1. The van der Waals surface area contributed by atoms with E-state index in [1.807, 2.05) is 24.3 Å². The number of likely N-dealkylation sites (tertiary alicyclic amines) is 1. The number of nitrogens with zero attached hydrogens (tertiary/aromatic N) is 3. The van der Waals surface area contributed by atoms with Gasteiger partial charge in [-0.1, -0.05) is 18.6 Å². The van der Waals surface area contributed by atoms with Gasteiger partial charge < -0.3 is 14.6 Å².